The molecular weight excluding hydrogens is 256 g/mol. The van der Waals surface area contributed by atoms with E-state index >= 15 is 0 Å². The van der Waals surface area contributed by atoms with Crippen molar-refractivity contribution in [3.05, 3.63) is 0 Å². The Morgan fingerprint density at radius 3 is 2.45 bits per heavy atom. The Balaban J connectivity index is 2.69. The zero-order chi connectivity index (χ0) is 15.1. The fraction of sp³-hybridized carbons (Fsp3) is 0.857. The number of nitrogens with zero attached hydrogens (tertiary/aromatic N) is 1. The van der Waals surface area contributed by atoms with Crippen molar-refractivity contribution >= 4 is 11.8 Å². The molecule has 6 heteroatoms. The number of carbonyl (C=O) groups is 2. The van der Waals surface area contributed by atoms with E-state index in [0.29, 0.717) is 0 Å². The van der Waals surface area contributed by atoms with Crippen LogP contribution in [0.1, 0.15) is 40.0 Å². The summed E-state index contributed by atoms with van der Waals surface area (Å²) in [5.74, 6) is -0.411. The lowest BCUT2D eigenvalue weighted by molar-refractivity contribution is -0.129. The predicted molar refractivity (Wildman–Crippen MR) is 79.1 cm³/mol. The lowest BCUT2D eigenvalue weighted by Gasteiger charge is -2.37. The summed E-state index contributed by atoms with van der Waals surface area (Å²) >= 11 is 0. The van der Waals surface area contributed by atoms with Crippen LogP contribution in [0.15, 0.2) is 0 Å². The maximum atomic E-state index is 12.3. The van der Waals surface area contributed by atoms with E-state index in [1.165, 1.54) is 0 Å². The van der Waals surface area contributed by atoms with Gasteiger partial charge in [0.15, 0.2) is 0 Å². The van der Waals surface area contributed by atoms with Gasteiger partial charge in [0, 0.05) is 12.1 Å². The maximum Gasteiger partial charge on any atom is 0.237 e. The van der Waals surface area contributed by atoms with Crippen LogP contribution in [0, 0.1) is 0 Å². The van der Waals surface area contributed by atoms with E-state index in [1.807, 2.05) is 25.7 Å². The fourth-order valence-electron chi connectivity index (χ4n) is 2.52. The van der Waals surface area contributed by atoms with Gasteiger partial charge in [-0.25, -0.2) is 0 Å². The van der Waals surface area contributed by atoms with Crippen molar-refractivity contribution in [2.75, 3.05) is 19.6 Å². The third kappa shape index (κ3) is 5.09. The zero-order valence-corrected chi connectivity index (χ0v) is 12.8. The predicted octanol–water partition coefficient (Wildman–Crippen LogP) is -0.171. The number of nitrogens with two attached hydrogens (primary N) is 1. The van der Waals surface area contributed by atoms with Crippen LogP contribution in [0.2, 0.25) is 0 Å². The minimum absolute atomic E-state index is 0.0286. The van der Waals surface area contributed by atoms with E-state index in [-0.39, 0.29) is 36.5 Å². The standard InChI is InChI=1S/C14H28N4O2/c1-4-10(2)17-14(20)11(3)18(9-13(15)19)12-5-7-16-8-6-12/h10-12,16H,4-9H2,1-3H3,(H2,15,19)(H,17,20). The van der Waals surface area contributed by atoms with Crippen LogP contribution in [0.25, 0.3) is 0 Å². The van der Waals surface area contributed by atoms with Crippen molar-refractivity contribution in [3.8, 4) is 0 Å². The van der Waals surface area contributed by atoms with Gasteiger partial charge in [-0.15, -0.1) is 0 Å². The molecule has 1 heterocycles. The van der Waals surface area contributed by atoms with Crippen LogP contribution in [0.4, 0.5) is 0 Å². The number of carbonyl (C=O) groups excluding carboxylic acids is 2. The Bertz CT molecular complexity index is 329. The van der Waals surface area contributed by atoms with Gasteiger partial charge in [-0.05, 0) is 46.2 Å². The molecule has 6 nitrogen and oxygen atoms in total. The van der Waals surface area contributed by atoms with Crippen LogP contribution in [0.5, 0.6) is 0 Å². The Morgan fingerprint density at radius 1 is 1.35 bits per heavy atom. The van der Waals surface area contributed by atoms with Crippen molar-refractivity contribution in [1.29, 1.82) is 0 Å². The first-order valence-electron chi connectivity index (χ1n) is 7.50. The largest absolute Gasteiger partial charge is 0.369 e. The van der Waals surface area contributed by atoms with Gasteiger partial charge < -0.3 is 16.4 Å². The van der Waals surface area contributed by atoms with Crippen LogP contribution in [-0.4, -0.2) is 54.5 Å². The van der Waals surface area contributed by atoms with E-state index in [1.54, 1.807) is 0 Å². The molecule has 1 rings (SSSR count). The third-order valence-electron chi connectivity index (χ3n) is 3.99. The van der Waals surface area contributed by atoms with Gasteiger partial charge in [-0.2, -0.15) is 0 Å². The van der Waals surface area contributed by atoms with Crippen molar-refractivity contribution < 1.29 is 9.59 Å². The summed E-state index contributed by atoms with van der Waals surface area (Å²) in [4.78, 5) is 25.5. The molecule has 1 saturated heterocycles. The van der Waals surface area contributed by atoms with Crippen molar-refractivity contribution in [2.24, 2.45) is 5.73 Å². The van der Waals surface area contributed by atoms with Crippen LogP contribution < -0.4 is 16.4 Å². The molecule has 2 unspecified atom stereocenters. The smallest absolute Gasteiger partial charge is 0.237 e. The maximum absolute atomic E-state index is 12.3. The lowest BCUT2D eigenvalue weighted by atomic mass is 10.0. The van der Waals surface area contributed by atoms with Gasteiger partial charge >= 0.3 is 0 Å². The summed E-state index contributed by atoms with van der Waals surface area (Å²) in [7, 11) is 0. The number of hydrogen-bond acceptors (Lipinski definition) is 4. The molecule has 0 radical (unpaired) electrons. The number of amides is 2. The SMILES string of the molecule is CCC(C)NC(=O)C(C)N(CC(N)=O)C1CCNCC1. The molecule has 0 spiro atoms. The normalized spacial score (nSPS) is 19.6. The van der Waals surface area contributed by atoms with Crippen molar-refractivity contribution in [1.82, 2.24) is 15.5 Å². The summed E-state index contributed by atoms with van der Waals surface area (Å²) in [6.45, 7) is 7.83. The molecule has 2 atom stereocenters. The fourth-order valence-corrected chi connectivity index (χ4v) is 2.52. The molecule has 20 heavy (non-hydrogen) atoms. The Kier molecular flexibility index (Phi) is 6.95. The molecular formula is C14H28N4O2. The first-order valence-corrected chi connectivity index (χ1v) is 7.50. The first-order chi connectivity index (χ1) is 9.45. The minimum atomic E-state index is -0.383. The van der Waals surface area contributed by atoms with Gasteiger partial charge in [-0.3, -0.25) is 14.5 Å². The second kappa shape index (κ2) is 8.21. The molecule has 0 bridgehead atoms. The molecule has 1 fully saturated rings. The van der Waals surface area contributed by atoms with E-state index in [9.17, 15) is 9.59 Å². The summed E-state index contributed by atoms with van der Waals surface area (Å²) in [6.07, 6.45) is 2.77. The van der Waals surface area contributed by atoms with E-state index in [0.717, 1.165) is 32.4 Å². The summed E-state index contributed by atoms with van der Waals surface area (Å²) in [5, 5.41) is 6.26. The highest BCUT2D eigenvalue weighted by molar-refractivity contribution is 5.83. The molecule has 1 aliphatic rings. The molecule has 0 saturated carbocycles. The van der Waals surface area contributed by atoms with Crippen molar-refractivity contribution in [3.63, 3.8) is 0 Å². The van der Waals surface area contributed by atoms with E-state index in [4.69, 9.17) is 5.73 Å². The second-order valence-corrected chi connectivity index (χ2v) is 5.61. The Labute approximate surface area is 121 Å². The first kappa shape index (κ1) is 16.9. The Morgan fingerprint density at radius 2 is 1.95 bits per heavy atom. The third-order valence-corrected chi connectivity index (χ3v) is 3.99. The molecule has 0 aromatic heterocycles. The molecule has 1 aliphatic heterocycles. The molecule has 116 valence electrons. The molecule has 0 aliphatic carbocycles. The van der Waals surface area contributed by atoms with Gasteiger partial charge in [0.2, 0.25) is 11.8 Å². The van der Waals surface area contributed by atoms with E-state index in [2.05, 4.69) is 10.6 Å². The highest BCUT2D eigenvalue weighted by atomic mass is 16.2. The van der Waals surface area contributed by atoms with Crippen LogP contribution in [-0.2, 0) is 9.59 Å². The lowest BCUT2D eigenvalue weighted by Crippen LogP contribution is -2.55. The molecule has 0 aromatic carbocycles. The molecule has 2 amide bonds. The summed E-state index contributed by atoms with van der Waals surface area (Å²) in [6, 6.07) is 0.0504. The number of nitrogens with one attached hydrogen (secondary N) is 2. The summed E-state index contributed by atoms with van der Waals surface area (Å²) < 4.78 is 0. The quantitative estimate of drug-likeness (QED) is 0.606. The highest BCUT2D eigenvalue weighted by Gasteiger charge is 2.30. The van der Waals surface area contributed by atoms with Gasteiger partial charge in [0.25, 0.3) is 0 Å². The van der Waals surface area contributed by atoms with Gasteiger partial charge in [0.1, 0.15) is 0 Å². The topological polar surface area (TPSA) is 87.5 Å². The highest BCUT2D eigenvalue weighted by Crippen LogP contribution is 2.15. The molecule has 0 aromatic rings. The number of rotatable bonds is 7. The van der Waals surface area contributed by atoms with Crippen molar-refractivity contribution in [2.45, 2.75) is 58.2 Å². The number of piperidine rings is 1. The zero-order valence-electron chi connectivity index (χ0n) is 12.8. The average Bonchev–Trinajstić information content (AvgIpc) is 2.44. The average molecular weight is 284 g/mol. The van der Waals surface area contributed by atoms with E-state index < -0.39 is 0 Å². The van der Waals surface area contributed by atoms with Gasteiger partial charge in [0.05, 0.1) is 12.6 Å². The summed E-state index contributed by atoms with van der Waals surface area (Å²) in [5.41, 5.74) is 5.34. The number of hydrogen-bond donors (Lipinski definition) is 3. The monoisotopic (exact) mass is 284 g/mol. The van der Waals surface area contributed by atoms with Crippen LogP contribution >= 0.6 is 0 Å². The Hall–Kier alpha value is -1.14. The molecule has 4 N–H and O–H groups in total. The van der Waals surface area contributed by atoms with Gasteiger partial charge in [-0.1, -0.05) is 6.92 Å². The van der Waals surface area contributed by atoms with Crippen LogP contribution in [0.3, 0.4) is 0 Å². The second-order valence-electron chi connectivity index (χ2n) is 5.61. The minimum Gasteiger partial charge on any atom is -0.369 e. The number of primary amides is 1.